The van der Waals surface area contributed by atoms with Crippen LogP contribution in [-0.4, -0.2) is 76.0 Å². The highest BCUT2D eigenvalue weighted by atomic mass is 19.4. The van der Waals surface area contributed by atoms with Crippen LogP contribution >= 0.6 is 0 Å². The van der Waals surface area contributed by atoms with Crippen LogP contribution in [0, 0.1) is 0 Å². The predicted molar refractivity (Wildman–Crippen MR) is 59.9 cm³/mol. The summed E-state index contributed by atoms with van der Waals surface area (Å²) >= 11 is 0. The highest BCUT2D eigenvalue weighted by Crippen LogP contribution is 2.88. The van der Waals surface area contributed by atoms with Gasteiger partial charge in [-0.25, -0.2) is 17.6 Å². The Balaban J connectivity index is 2.79. The molecule has 0 aromatic rings. The summed E-state index contributed by atoms with van der Waals surface area (Å²) in [5.41, 5.74) is -36.6. The first-order chi connectivity index (χ1) is 14.8. The zero-order valence-electron chi connectivity index (χ0n) is 14.8. The van der Waals surface area contributed by atoms with Gasteiger partial charge >= 0.3 is 53.3 Å². The molecule has 35 heavy (non-hydrogen) atoms. The fourth-order valence-corrected chi connectivity index (χ4v) is 4.49. The maximum Gasteiger partial charge on any atom is 0.382 e. The van der Waals surface area contributed by atoms with Gasteiger partial charge < -0.3 is 0 Å². The van der Waals surface area contributed by atoms with E-state index in [1.807, 2.05) is 0 Å². The molecule has 3 aliphatic carbocycles. The van der Waals surface area contributed by atoms with Crippen LogP contribution in [0.3, 0.4) is 0 Å². The normalized spacial score (nSPS) is 48.5. The molecule has 3 rings (SSSR count). The van der Waals surface area contributed by atoms with Crippen molar-refractivity contribution in [3.8, 4) is 0 Å². The van der Waals surface area contributed by atoms with Gasteiger partial charge in [0.25, 0.3) is 22.7 Å². The molecule has 3 fully saturated rings. The molecule has 0 heterocycles. The average molecular weight is 574 g/mol. The molecule has 0 aromatic carbocycles. The molecular weight excluding hydrogens is 574 g/mol. The van der Waals surface area contributed by atoms with Gasteiger partial charge in [0, 0.05) is 0 Å². The Morgan fingerprint density at radius 2 is 0.286 bits per heavy atom. The molecule has 0 spiro atoms. The first kappa shape index (κ1) is 28.0. The van der Waals surface area contributed by atoms with Gasteiger partial charge in [-0.2, -0.15) is 79.0 Å². The van der Waals surface area contributed by atoms with Crippen molar-refractivity contribution < 1.29 is 96.6 Å². The number of hydrogen-bond acceptors (Lipinski definition) is 0. The molecule has 0 bridgehead atoms. The van der Waals surface area contributed by atoms with Crippen molar-refractivity contribution in [1.82, 2.24) is 0 Å². The van der Waals surface area contributed by atoms with Crippen LogP contribution in [-0.2, 0) is 0 Å². The molecule has 0 aromatic heterocycles. The summed E-state index contributed by atoms with van der Waals surface area (Å²) in [6, 6.07) is 0. The summed E-state index contributed by atoms with van der Waals surface area (Å²) < 4.78 is 308. The Morgan fingerprint density at radius 3 is 0.457 bits per heavy atom. The third-order valence-electron chi connectivity index (χ3n) is 6.39. The van der Waals surface area contributed by atoms with Gasteiger partial charge in [-0.15, -0.1) is 0 Å². The molecule has 3 aliphatic rings. The quantitative estimate of drug-likeness (QED) is 0.287. The minimum atomic E-state index is -9.23. The van der Waals surface area contributed by atoms with Crippen molar-refractivity contribution in [1.29, 1.82) is 0 Å². The van der Waals surface area contributed by atoms with Crippen molar-refractivity contribution in [2.45, 2.75) is 76.0 Å². The second-order valence-electron chi connectivity index (χ2n) is 7.80. The zero-order valence-corrected chi connectivity index (χ0v) is 14.8. The third kappa shape index (κ3) is 1.69. The van der Waals surface area contributed by atoms with Crippen molar-refractivity contribution in [2.75, 3.05) is 0 Å². The number of halogens is 22. The monoisotopic (exact) mass is 574 g/mol. The molecule has 0 nitrogen and oxygen atoms in total. The Morgan fingerprint density at radius 1 is 0.143 bits per heavy atom. The van der Waals surface area contributed by atoms with E-state index in [1.54, 1.807) is 0 Å². The second kappa shape index (κ2) is 5.50. The summed E-state index contributed by atoms with van der Waals surface area (Å²) in [6.45, 7) is 0. The van der Waals surface area contributed by atoms with Gasteiger partial charge in [0.2, 0.25) is 0 Å². The summed E-state index contributed by atoms with van der Waals surface area (Å²) in [7, 11) is 0. The molecular formula is C13F22. The van der Waals surface area contributed by atoms with Crippen LogP contribution in [0.2, 0.25) is 0 Å². The molecule has 0 unspecified atom stereocenters. The minimum absolute atomic E-state index is 8.55. The molecule has 0 N–H and O–H groups in total. The SMILES string of the molecule is FC1(F)C(F)(F)C(F)(F)[C@]2(F)[C@](F)(C1(F)F)C(F)(F)[C@@]1(F)C(F)(F)C(F)(F)C(F)(F)C(F)(F)[C@]12F. The van der Waals surface area contributed by atoms with Crippen molar-refractivity contribution in [3.63, 3.8) is 0 Å². The maximum atomic E-state index is 15.0. The van der Waals surface area contributed by atoms with Gasteiger partial charge in [-0.1, -0.05) is 0 Å². The van der Waals surface area contributed by atoms with Crippen LogP contribution in [0.1, 0.15) is 0 Å². The first-order valence-corrected chi connectivity index (χ1v) is 7.91. The van der Waals surface area contributed by atoms with Crippen LogP contribution in [0.15, 0.2) is 0 Å². The Kier molecular flexibility index (Phi) is 4.40. The summed E-state index contributed by atoms with van der Waals surface area (Å²) in [5.74, 6) is -79.1. The van der Waals surface area contributed by atoms with E-state index in [0.717, 1.165) is 0 Å². The zero-order chi connectivity index (χ0) is 28.5. The fraction of sp³-hybridized carbons (Fsp3) is 1.00. The van der Waals surface area contributed by atoms with E-state index in [2.05, 4.69) is 0 Å². The number of alkyl halides is 22. The van der Waals surface area contributed by atoms with E-state index in [1.165, 1.54) is 0 Å². The molecule has 206 valence electrons. The number of fused-ring (bicyclic) bond motifs is 3. The molecule has 22 heteroatoms. The maximum absolute atomic E-state index is 15.0. The molecule has 0 radical (unpaired) electrons. The Labute approximate surface area is 174 Å². The third-order valence-corrected chi connectivity index (χ3v) is 6.39. The van der Waals surface area contributed by atoms with Crippen LogP contribution in [0.5, 0.6) is 0 Å². The lowest BCUT2D eigenvalue weighted by atomic mass is 9.58. The lowest BCUT2D eigenvalue weighted by molar-refractivity contribution is -0.502. The average Bonchev–Trinajstić information content (AvgIpc) is 2.75. The van der Waals surface area contributed by atoms with Crippen LogP contribution in [0.25, 0.3) is 0 Å². The Bertz CT molecular complexity index is 902. The van der Waals surface area contributed by atoms with Gasteiger partial charge in [0.1, 0.15) is 0 Å². The summed E-state index contributed by atoms with van der Waals surface area (Å²) in [4.78, 5) is 0. The lowest BCUT2D eigenvalue weighted by Crippen LogP contribution is -2.92. The van der Waals surface area contributed by atoms with Crippen molar-refractivity contribution >= 4 is 0 Å². The van der Waals surface area contributed by atoms with Gasteiger partial charge in [-0.05, 0) is 0 Å². The van der Waals surface area contributed by atoms with E-state index < -0.39 is 76.0 Å². The molecule has 4 atom stereocenters. The van der Waals surface area contributed by atoms with Gasteiger partial charge in [-0.3, -0.25) is 0 Å². The largest absolute Gasteiger partial charge is 0.382 e. The minimum Gasteiger partial charge on any atom is -0.229 e. The van der Waals surface area contributed by atoms with Crippen LogP contribution in [0.4, 0.5) is 96.6 Å². The molecule has 0 aliphatic heterocycles. The first-order valence-electron chi connectivity index (χ1n) is 7.91. The van der Waals surface area contributed by atoms with E-state index in [0.29, 0.717) is 0 Å². The van der Waals surface area contributed by atoms with Gasteiger partial charge in [0.15, 0.2) is 0 Å². The summed E-state index contributed by atoms with van der Waals surface area (Å²) in [6.07, 6.45) is 0. The van der Waals surface area contributed by atoms with E-state index in [4.69, 9.17) is 0 Å². The number of rotatable bonds is 0. The highest BCUT2D eigenvalue weighted by Gasteiger charge is 3.22. The fourth-order valence-electron chi connectivity index (χ4n) is 4.49. The topological polar surface area (TPSA) is 0 Å². The van der Waals surface area contributed by atoms with E-state index in [-0.39, 0.29) is 0 Å². The summed E-state index contributed by atoms with van der Waals surface area (Å²) in [5, 5.41) is 0. The smallest absolute Gasteiger partial charge is 0.229 e. The second-order valence-corrected chi connectivity index (χ2v) is 7.80. The van der Waals surface area contributed by atoms with Crippen molar-refractivity contribution in [2.24, 2.45) is 0 Å². The van der Waals surface area contributed by atoms with E-state index in [9.17, 15) is 87.8 Å². The van der Waals surface area contributed by atoms with Crippen LogP contribution < -0.4 is 0 Å². The molecule has 3 saturated carbocycles. The predicted octanol–water partition coefficient (Wildman–Crippen LogP) is 6.58. The van der Waals surface area contributed by atoms with Gasteiger partial charge in [0.05, 0.1) is 0 Å². The number of hydrogen-bond donors (Lipinski definition) is 0. The highest BCUT2D eigenvalue weighted by molar-refractivity contribution is 5.54. The molecule has 0 amide bonds. The molecule has 0 saturated heterocycles. The lowest BCUT2D eigenvalue weighted by Gasteiger charge is -2.58. The van der Waals surface area contributed by atoms with Crippen molar-refractivity contribution in [3.05, 3.63) is 0 Å². The Hall–Kier alpha value is -1.54. The standard InChI is InChI=1S/C13F22/c14-1-2(15)4(17,9(26,27)13(34,35)11(30,31)7(2,22)23)5(18,19)3(1,16)8(24,25)12(32,33)10(28,29)6(1,20)21/t1-,2-,3-,4-/m1/s1. The van der Waals surface area contributed by atoms with E-state index >= 15 is 8.78 Å².